The summed E-state index contributed by atoms with van der Waals surface area (Å²) in [6, 6.07) is 0. The van der Waals surface area contributed by atoms with Gasteiger partial charge in [-0.1, -0.05) is 46.3 Å². The summed E-state index contributed by atoms with van der Waals surface area (Å²) in [7, 11) is 1.00. The van der Waals surface area contributed by atoms with Gasteiger partial charge >= 0.3 is 5.97 Å². The second-order valence-electron chi connectivity index (χ2n) is 6.50. The summed E-state index contributed by atoms with van der Waals surface area (Å²) in [4.78, 5) is 9.94. The van der Waals surface area contributed by atoms with E-state index in [0.29, 0.717) is 0 Å². The highest BCUT2D eigenvalue weighted by molar-refractivity contribution is 5.66. The van der Waals surface area contributed by atoms with Gasteiger partial charge in [0, 0.05) is 13.5 Å². The molecule has 2 atom stereocenters. The molecule has 3 aliphatic carbocycles. The van der Waals surface area contributed by atoms with Crippen molar-refractivity contribution in [3.8, 4) is 0 Å². The molecule has 3 aliphatic rings. The number of allylic oxidation sites excluding steroid dienone is 2. The molecule has 0 saturated heterocycles. The largest absolute Gasteiger partial charge is 0.481 e. The molecule has 2 unspecified atom stereocenters. The third-order valence-corrected chi connectivity index (χ3v) is 4.78. The normalized spacial score (nSPS) is 21.5. The van der Waals surface area contributed by atoms with Gasteiger partial charge in [0.1, 0.15) is 0 Å². The van der Waals surface area contributed by atoms with E-state index in [1.807, 2.05) is 32.9 Å². The molecule has 0 aromatic rings. The van der Waals surface area contributed by atoms with E-state index in [0.717, 1.165) is 37.2 Å². The molecule has 0 aromatic carbocycles. The van der Waals surface area contributed by atoms with E-state index in [1.165, 1.54) is 26.2 Å². The lowest BCUT2D eigenvalue weighted by molar-refractivity contribution is -0.137. The van der Waals surface area contributed by atoms with Crippen LogP contribution in [0.25, 0.3) is 0 Å². The Bertz CT molecular complexity index is 298. The number of carbonyl (C=O) groups is 1. The molecular weight excluding hydrogens is 319 g/mol. The Hall–Kier alpha value is -0.900. The fourth-order valence-corrected chi connectivity index (χ4v) is 3.25. The highest BCUT2D eigenvalue weighted by Gasteiger charge is 2.49. The number of fused-ring (bicyclic) bond motifs is 2. The standard InChI is InChI=1S/C9H16.C7H12O2.C2H5F.C2H6.CH4O/c1-9(2)7-4-3-5-8(9)6-7;1-2-3-4-5-6-7(8)9;1-2-3;2*1-2/h7-8H,3-6H2,1-2H3;2-3H,4-6H2,1H3,(H,8,9);2H2,1H3;1-2H3;2H,1H3/b;3-2-;;;. The summed E-state index contributed by atoms with van der Waals surface area (Å²) < 4.78 is 10.3. The second kappa shape index (κ2) is 19.4. The quantitative estimate of drug-likeness (QED) is 0.458. The Kier molecular flexibility index (Phi) is 22.4. The van der Waals surface area contributed by atoms with E-state index in [2.05, 4.69) is 13.8 Å². The predicted molar refractivity (Wildman–Crippen MR) is 107 cm³/mol. The number of aliphatic hydroxyl groups is 1. The number of aliphatic hydroxyl groups excluding tert-OH is 1. The molecule has 0 heterocycles. The Labute approximate surface area is 155 Å². The lowest BCUT2D eigenvalue weighted by Crippen LogP contribution is -2.47. The van der Waals surface area contributed by atoms with Crippen molar-refractivity contribution >= 4 is 5.97 Å². The SMILES string of the molecule is C/C=C\CCCC(=O)O.CC.CC1(C)C2CCCC1C2.CCF.CO. The molecule has 0 radical (unpaired) electrons. The molecule has 0 amide bonds. The summed E-state index contributed by atoms with van der Waals surface area (Å²) in [5.74, 6) is 1.48. The Balaban J connectivity index is -0.000000287. The zero-order valence-corrected chi connectivity index (χ0v) is 17.6. The average Bonchev–Trinajstić information content (AvgIpc) is 2.64. The number of carboxylic acids is 1. The first-order chi connectivity index (χ1) is 11.9. The molecular formula is C21H43FO3. The first-order valence-corrected chi connectivity index (χ1v) is 9.73. The number of halogens is 1. The van der Waals surface area contributed by atoms with Crippen LogP contribution in [-0.2, 0) is 4.79 Å². The van der Waals surface area contributed by atoms with Gasteiger partial charge < -0.3 is 10.2 Å². The van der Waals surface area contributed by atoms with Gasteiger partial charge in [0.25, 0.3) is 0 Å². The molecule has 3 saturated carbocycles. The van der Waals surface area contributed by atoms with Crippen molar-refractivity contribution in [1.82, 2.24) is 0 Å². The van der Waals surface area contributed by atoms with Crippen LogP contribution in [0.5, 0.6) is 0 Å². The van der Waals surface area contributed by atoms with Crippen LogP contribution in [0.15, 0.2) is 12.2 Å². The molecule has 3 fully saturated rings. The zero-order chi connectivity index (χ0) is 20.3. The lowest BCUT2D eigenvalue weighted by Gasteiger charge is -2.56. The van der Waals surface area contributed by atoms with Crippen molar-refractivity contribution < 1.29 is 19.4 Å². The highest BCUT2D eigenvalue weighted by atomic mass is 19.1. The third kappa shape index (κ3) is 14.0. The van der Waals surface area contributed by atoms with Crippen LogP contribution in [0.4, 0.5) is 4.39 Å². The number of hydrogen-bond acceptors (Lipinski definition) is 2. The van der Waals surface area contributed by atoms with Gasteiger partial charge in [0.15, 0.2) is 0 Å². The number of hydrogen-bond donors (Lipinski definition) is 2. The number of carboxylic acid groups (broad SMARTS) is 1. The molecule has 3 rings (SSSR count). The van der Waals surface area contributed by atoms with Crippen LogP contribution in [0.1, 0.15) is 86.5 Å². The van der Waals surface area contributed by atoms with Crippen LogP contribution >= 0.6 is 0 Å². The first-order valence-electron chi connectivity index (χ1n) is 9.73. The van der Waals surface area contributed by atoms with E-state index in [-0.39, 0.29) is 13.1 Å². The zero-order valence-electron chi connectivity index (χ0n) is 17.6. The van der Waals surface area contributed by atoms with Crippen LogP contribution in [0.2, 0.25) is 0 Å². The van der Waals surface area contributed by atoms with Gasteiger partial charge in [0.2, 0.25) is 0 Å². The highest BCUT2D eigenvalue weighted by Crippen LogP contribution is 2.58. The predicted octanol–water partition coefficient (Wildman–Crippen LogP) is 6.26. The molecule has 0 spiro atoms. The monoisotopic (exact) mass is 362 g/mol. The molecule has 0 aliphatic heterocycles. The van der Waals surface area contributed by atoms with Crippen molar-refractivity contribution in [3.63, 3.8) is 0 Å². The maximum atomic E-state index is 10.3. The van der Waals surface area contributed by atoms with Crippen molar-refractivity contribution in [1.29, 1.82) is 0 Å². The summed E-state index contributed by atoms with van der Waals surface area (Å²) in [5, 5.41) is 15.2. The summed E-state index contributed by atoms with van der Waals surface area (Å²) in [5.41, 5.74) is 0.734. The maximum Gasteiger partial charge on any atom is 0.303 e. The number of rotatable bonds is 4. The second-order valence-corrected chi connectivity index (χ2v) is 6.50. The molecule has 0 aromatic heterocycles. The first kappa shape index (κ1) is 28.9. The molecule has 3 nitrogen and oxygen atoms in total. The molecule has 25 heavy (non-hydrogen) atoms. The molecule has 152 valence electrons. The van der Waals surface area contributed by atoms with Gasteiger partial charge in [-0.15, -0.1) is 0 Å². The minimum atomic E-state index is -0.709. The van der Waals surface area contributed by atoms with Crippen LogP contribution in [-0.4, -0.2) is 30.0 Å². The topological polar surface area (TPSA) is 57.5 Å². The van der Waals surface area contributed by atoms with Crippen molar-refractivity contribution in [2.75, 3.05) is 13.8 Å². The fraction of sp³-hybridized carbons (Fsp3) is 0.857. The summed E-state index contributed by atoms with van der Waals surface area (Å²) in [6.45, 7) is 12.0. The van der Waals surface area contributed by atoms with Gasteiger partial charge in [-0.2, -0.15) is 0 Å². The fourth-order valence-electron chi connectivity index (χ4n) is 3.25. The van der Waals surface area contributed by atoms with Crippen LogP contribution in [0.3, 0.4) is 0 Å². The summed E-state index contributed by atoms with van der Waals surface area (Å²) >= 11 is 0. The Morgan fingerprint density at radius 2 is 1.64 bits per heavy atom. The minimum absolute atomic E-state index is 0.250. The Morgan fingerprint density at radius 1 is 1.20 bits per heavy atom. The summed E-state index contributed by atoms with van der Waals surface area (Å²) in [6.07, 6.45) is 11.9. The lowest BCUT2D eigenvalue weighted by atomic mass is 9.49. The van der Waals surface area contributed by atoms with Gasteiger partial charge in [-0.3, -0.25) is 9.18 Å². The van der Waals surface area contributed by atoms with E-state index in [1.54, 1.807) is 6.42 Å². The minimum Gasteiger partial charge on any atom is -0.481 e. The van der Waals surface area contributed by atoms with Gasteiger partial charge in [0.05, 0.1) is 6.67 Å². The Morgan fingerprint density at radius 3 is 1.88 bits per heavy atom. The van der Waals surface area contributed by atoms with Crippen LogP contribution < -0.4 is 0 Å². The van der Waals surface area contributed by atoms with Crippen LogP contribution in [0, 0.1) is 17.3 Å². The van der Waals surface area contributed by atoms with Crippen molar-refractivity contribution in [2.45, 2.75) is 86.5 Å². The van der Waals surface area contributed by atoms with Crippen molar-refractivity contribution in [2.24, 2.45) is 17.3 Å². The van der Waals surface area contributed by atoms with E-state index in [9.17, 15) is 9.18 Å². The van der Waals surface area contributed by atoms with E-state index < -0.39 is 5.97 Å². The smallest absolute Gasteiger partial charge is 0.303 e. The maximum absolute atomic E-state index is 10.3. The molecule has 4 heteroatoms. The number of alkyl halides is 1. The van der Waals surface area contributed by atoms with E-state index in [4.69, 9.17) is 10.2 Å². The average molecular weight is 363 g/mol. The third-order valence-electron chi connectivity index (χ3n) is 4.78. The number of aliphatic carboxylic acids is 1. The molecule has 2 bridgehead atoms. The van der Waals surface area contributed by atoms with Gasteiger partial charge in [-0.05, 0) is 63.2 Å². The number of unbranched alkanes of at least 4 members (excludes halogenated alkanes) is 1. The van der Waals surface area contributed by atoms with E-state index >= 15 is 0 Å². The van der Waals surface area contributed by atoms with Crippen molar-refractivity contribution in [3.05, 3.63) is 12.2 Å². The molecule has 2 N–H and O–H groups in total. The van der Waals surface area contributed by atoms with Gasteiger partial charge in [-0.25, -0.2) is 0 Å².